The Balaban J connectivity index is 1.79. The summed E-state index contributed by atoms with van der Waals surface area (Å²) < 4.78 is 1.89. The minimum atomic E-state index is 0.366. The third kappa shape index (κ3) is 3.22. The maximum atomic E-state index is 4.42. The van der Waals surface area contributed by atoms with Gasteiger partial charge in [-0.25, -0.2) is 0 Å². The molecule has 0 aromatic rings. The first-order valence-electron chi connectivity index (χ1n) is 9.18. The van der Waals surface area contributed by atoms with E-state index in [4.69, 9.17) is 0 Å². The third-order valence-electron chi connectivity index (χ3n) is 6.67. The van der Waals surface area contributed by atoms with E-state index >= 15 is 0 Å². The van der Waals surface area contributed by atoms with Gasteiger partial charge in [0.05, 0.1) is 0 Å². The van der Waals surface area contributed by atoms with Gasteiger partial charge in [-0.15, -0.1) is 0 Å². The Morgan fingerprint density at radius 1 is 1.13 bits per heavy atom. The van der Waals surface area contributed by atoms with Crippen molar-refractivity contribution in [3.63, 3.8) is 0 Å². The quantitative estimate of drug-likeness (QED) is 0.686. The molecule has 2 bridgehead atoms. The van der Waals surface area contributed by atoms with Gasteiger partial charge in [-0.05, 0) is 70.1 Å². The average molecular weight is 333 g/mol. The van der Waals surface area contributed by atoms with E-state index in [-0.39, 0.29) is 0 Å². The number of fused-ring (bicyclic) bond motifs is 3. The van der Waals surface area contributed by atoms with Crippen LogP contribution in [0.25, 0.3) is 0 Å². The smallest absolute Gasteiger partial charge is 0.0337 e. The van der Waals surface area contributed by atoms with Gasteiger partial charge >= 0.3 is 0 Å². The minimum Gasteiger partial charge on any atom is -0.390 e. The van der Waals surface area contributed by atoms with Gasteiger partial charge in [0, 0.05) is 31.4 Å². The maximum absolute atomic E-state index is 4.42. The zero-order valence-corrected chi connectivity index (χ0v) is 15.9. The van der Waals surface area contributed by atoms with Crippen LogP contribution in [0.15, 0.2) is 35.2 Å². The van der Waals surface area contributed by atoms with E-state index in [0.717, 1.165) is 0 Å². The summed E-state index contributed by atoms with van der Waals surface area (Å²) >= 11 is 4.42. The van der Waals surface area contributed by atoms with E-state index in [1.54, 1.807) is 11.1 Å². The topological polar surface area (TPSA) is 15.3 Å². The molecule has 0 radical (unpaired) electrons. The monoisotopic (exact) mass is 332 g/mol. The summed E-state index contributed by atoms with van der Waals surface area (Å²) in [5.74, 6) is 0. The van der Waals surface area contributed by atoms with Gasteiger partial charge in [0.25, 0.3) is 0 Å². The van der Waals surface area contributed by atoms with Crippen LogP contribution in [0.1, 0.15) is 64.7 Å². The van der Waals surface area contributed by atoms with Gasteiger partial charge in [-0.3, -0.25) is 0 Å². The molecule has 0 aromatic heterocycles. The second-order valence-electron chi connectivity index (χ2n) is 7.99. The Morgan fingerprint density at radius 3 is 2.35 bits per heavy atom. The van der Waals surface area contributed by atoms with Gasteiger partial charge in [0.1, 0.15) is 0 Å². The second-order valence-corrected chi connectivity index (χ2v) is 8.62. The molecule has 23 heavy (non-hydrogen) atoms. The lowest BCUT2D eigenvalue weighted by Gasteiger charge is -2.55. The van der Waals surface area contributed by atoms with E-state index in [9.17, 15) is 0 Å². The largest absolute Gasteiger partial charge is 0.390 e. The second kappa shape index (κ2) is 6.58. The summed E-state index contributed by atoms with van der Waals surface area (Å²) in [7, 11) is 4.06. The molecule has 3 heteroatoms. The van der Waals surface area contributed by atoms with E-state index in [1.807, 2.05) is 11.4 Å². The Kier molecular flexibility index (Phi) is 4.87. The lowest BCUT2D eigenvalue weighted by molar-refractivity contribution is 0.0340. The molecular formula is C20H32N2S. The van der Waals surface area contributed by atoms with Gasteiger partial charge in [-0.2, -0.15) is 0 Å². The Labute approximate surface area is 147 Å². The number of allylic oxidation sites excluding steroid dienone is 5. The molecule has 0 heterocycles. The van der Waals surface area contributed by atoms with Gasteiger partial charge < -0.3 is 9.62 Å². The van der Waals surface area contributed by atoms with Crippen LogP contribution in [0, 0.1) is 10.8 Å². The number of nitrogens with zero attached hydrogens (tertiary/aromatic N) is 1. The van der Waals surface area contributed by atoms with Gasteiger partial charge in [0.2, 0.25) is 0 Å². The fourth-order valence-corrected chi connectivity index (χ4v) is 5.25. The molecule has 0 spiro atoms. The number of rotatable bonds is 4. The highest BCUT2D eigenvalue weighted by Crippen LogP contribution is 2.62. The van der Waals surface area contributed by atoms with E-state index in [1.165, 1.54) is 63.5 Å². The van der Waals surface area contributed by atoms with E-state index in [0.29, 0.717) is 10.8 Å². The van der Waals surface area contributed by atoms with Crippen molar-refractivity contribution >= 4 is 12.8 Å². The number of hydrogen-bond donors (Lipinski definition) is 2. The molecule has 0 saturated heterocycles. The van der Waals surface area contributed by atoms with Crippen molar-refractivity contribution in [1.82, 2.24) is 9.62 Å². The standard InChI is InChI=1S/C20H32N2S/c1-16-5-4-6-17(8-7-16)19-9-12-20(13-10-19,14-11-19)18(21-2)15-22(3)23/h7-8,15,21,23H,4-6,9-14H2,1-3H3/b18-15-. The molecule has 1 N–H and O–H groups in total. The molecule has 3 saturated carbocycles. The summed E-state index contributed by atoms with van der Waals surface area (Å²) in [6.07, 6.45) is 19.0. The predicted molar refractivity (Wildman–Crippen MR) is 102 cm³/mol. The van der Waals surface area contributed by atoms with Crippen molar-refractivity contribution in [3.05, 3.63) is 35.2 Å². The number of hydrogen-bond acceptors (Lipinski definition) is 3. The Bertz CT molecular complexity index is 517. The first kappa shape index (κ1) is 17.0. The zero-order valence-electron chi connectivity index (χ0n) is 15.0. The SMILES string of the molecule is CN/C(=C\N(C)S)C12CCC(C3=CC=C(C)CCC3)(CC1)CC2. The molecular weight excluding hydrogens is 300 g/mol. The van der Waals surface area contributed by atoms with Crippen molar-refractivity contribution in [1.29, 1.82) is 0 Å². The van der Waals surface area contributed by atoms with Crippen LogP contribution < -0.4 is 5.32 Å². The van der Waals surface area contributed by atoms with Crippen LogP contribution in [-0.2, 0) is 0 Å². The number of thiol groups is 1. The van der Waals surface area contributed by atoms with Crippen LogP contribution in [-0.4, -0.2) is 18.4 Å². The van der Waals surface area contributed by atoms with Crippen LogP contribution in [0.3, 0.4) is 0 Å². The van der Waals surface area contributed by atoms with Gasteiger partial charge in [-0.1, -0.05) is 36.1 Å². The lowest BCUT2D eigenvalue weighted by Crippen LogP contribution is -2.45. The van der Waals surface area contributed by atoms with Crippen molar-refractivity contribution in [2.24, 2.45) is 10.8 Å². The summed E-state index contributed by atoms with van der Waals surface area (Å²) in [6, 6.07) is 0. The lowest BCUT2D eigenvalue weighted by atomic mass is 9.50. The van der Waals surface area contributed by atoms with Crippen molar-refractivity contribution < 1.29 is 0 Å². The summed E-state index contributed by atoms with van der Waals surface area (Å²) in [5, 5.41) is 3.47. The molecule has 0 aliphatic heterocycles. The molecule has 3 fully saturated rings. The molecule has 2 nitrogen and oxygen atoms in total. The minimum absolute atomic E-state index is 0.366. The highest BCUT2D eigenvalue weighted by molar-refractivity contribution is 7.77. The highest BCUT2D eigenvalue weighted by atomic mass is 32.1. The molecule has 0 aromatic carbocycles. The van der Waals surface area contributed by atoms with E-state index in [2.05, 4.69) is 50.5 Å². The van der Waals surface area contributed by atoms with Crippen molar-refractivity contribution in [2.45, 2.75) is 64.7 Å². The first-order chi connectivity index (χ1) is 11.0. The highest BCUT2D eigenvalue weighted by Gasteiger charge is 2.51. The Hall–Kier alpha value is -0.830. The molecule has 4 aliphatic rings. The summed E-state index contributed by atoms with van der Waals surface area (Å²) in [6.45, 7) is 2.28. The van der Waals surface area contributed by atoms with Crippen molar-refractivity contribution in [2.75, 3.05) is 14.1 Å². The van der Waals surface area contributed by atoms with Crippen LogP contribution in [0.2, 0.25) is 0 Å². The average Bonchev–Trinajstić information content (AvgIpc) is 2.79. The van der Waals surface area contributed by atoms with Crippen LogP contribution in [0.4, 0.5) is 0 Å². The third-order valence-corrected chi connectivity index (χ3v) is 6.79. The fourth-order valence-electron chi connectivity index (χ4n) is 5.13. The first-order valence-corrected chi connectivity index (χ1v) is 9.58. The van der Waals surface area contributed by atoms with Gasteiger partial charge in [0.15, 0.2) is 0 Å². The van der Waals surface area contributed by atoms with E-state index < -0.39 is 0 Å². The van der Waals surface area contributed by atoms with Crippen molar-refractivity contribution in [3.8, 4) is 0 Å². The summed E-state index contributed by atoms with van der Waals surface area (Å²) in [4.78, 5) is 0. The normalized spacial score (nSPS) is 34.5. The molecule has 0 atom stereocenters. The fraction of sp³-hybridized carbons (Fsp3) is 0.700. The van der Waals surface area contributed by atoms with Crippen LogP contribution in [0.5, 0.6) is 0 Å². The molecule has 4 aliphatic carbocycles. The van der Waals surface area contributed by atoms with Crippen LogP contribution >= 0.6 is 12.8 Å². The maximum Gasteiger partial charge on any atom is 0.0337 e. The molecule has 128 valence electrons. The molecule has 0 unspecified atom stereocenters. The predicted octanol–water partition coefficient (Wildman–Crippen LogP) is 5.22. The Morgan fingerprint density at radius 2 is 1.78 bits per heavy atom. The molecule has 0 amide bonds. The summed E-state index contributed by atoms with van der Waals surface area (Å²) in [5.41, 5.74) is 5.56. The molecule has 4 rings (SSSR count). The zero-order chi connectivity index (χ0) is 16.5. The number of nitrogens with one attached hydrogen (secondary N) is 1.